The van der Waals surface area contributed by atoms with E-state index in [0.717, 1.165) is 37.2 Å². The smallest absolute Gasteiger partial charge is 0.374 e. The molecule has 0 saturated carbocycles. The lowest BCUT2D eigenvalue weighted by molar-refractivity contribution is 0.0652. The Morgan fingerprint density at radius 2 is 2.18 bits per heavy atom. The number of benzene rings is 1. The normalized spacial score (nSPS) is 19.0. The molecule has 116 valence electrons. The highest BCUT2D eigenvalue weighted by Gasteiger charge is 2.18. The Hall–Kier alpha value is -2.34. The number of ether oxygens (including phenoxy) is 1. The van der Waals surface area contributed by atoms with Gasteiger partial charge in [-0.15, -0.1) is 0 Å². The fourth-order valence-corrected chi connectivity index (χ4v) is 2.62. The summed E-state index contributed by atoms with van der Waals surface area (Å²) in [4.78, 5) is 13.1. The molecule has 1 fully saturated rings. The Labute approximate surface area is 128 Å². The summed E-state index contributed by atoms with van der Waals surface area (Å²) in [5, 5.41) is 12.6. The highest BCUT2D eigenvalue weighted by molar-refractivity contribution is 5.85. The Kier molecular flexibility index (Phi) is 4.11. The predicted molar refractivity (Wildman–Crippen MR) is 80.0 cm³/mol. The average molecular weight is 302 g/mol. The van der Waals surface area contributed by atoms with Gasteiger partial charge < -0.3 is 19.3 Å². The van der Waals surface area contributed by atoms with Crippen LogP contribution >= 0.6 is 0 Å². The summed E-state index contributed by atoms with van der Waals surface area (Å²) in [7, 11) is 2.10. The first-order valence-corrected chi connectivity index (χ1v) is 7.27. The van der Waals surface area contributed by atoms with Crippen LogP contribution in [0.4, 0.5) is 0 Å². The molecule has 1 N–H and O–H groups in total. The largest absolute Gasteiger partial charge is 0.489 e. The first-order valence-electron chi connectivity index (χ1n) is 7.27. The molecule has 2 aromatic rings. The van der Waals surface area contributed by atoms with Gasteiger partial charge in [0.25, 0.3) is 0 Å². The van der Waals surface area contributed by atoms with Crippen molar-refractivity contribution in [2.24, 2.45) is 0 Å². The number of hydrogen-bond acceptors (Lipinski definition) is 5. The molecule has 1 aromatic carbocycles. The van der Waals surface area contributed by atoms with Gasteiger partial charge in [0.2, 0.25) is 5.76 Å². The third kappa shape index (κ3) is 3.28. The monoisotopic (exact) mass is 302 g/mol. The number of nitrogens with zero attached hydrogens (tertiary/aromatic N) is 2. The number of hydrogen-bond donors (Lipinski definition) is 1. The van der Waals surface area contributed by atoms with Crippen LogP contribution in [0, 0.1) is 0 Å². The second-order valence-electron chi connectivity index (χ2n) is 5.55. The van der Waals surface area contributed by atoms with Crippen molar-refractivity contribution in [3.63, 3.8) is 0 Å². The van der Waals surface area contributed by atoms with E-state index < -0.39 is 5.97 Å². The minimum absolute atomic E-state index is 0.166. The van der Waals surface area contributed by atoms with E-state index in [9.17, 15) is 4.79 Å². The molecule has 0 radical (unpaired) electrons. The van der Waals surface area contributed by atoms with Crippen molar-refractivity contribution < 1.29 is 19.2 Å². The van der Waals surface area contributed by atoms with Crippen LogP contribution in [0.15, 0.2) is 34.9 Å². The third-order valence-electron chi connectivity index (χ3n) is 3.76. The van der Waals surface area contributed by atoms with Gasteiger partial charge in [-0.25, -0.2) is 4.79 Å². The van der Waals surface area contributed by atoms with Gasteiger partial charge in [0.05, 0.1) is 0 Å². The molecule has 1 aromatic heterocycles. The first kappa shape index (κ1) is 14.6. The van der Waals surface area contributed by atoms with Crippen molar-refractivity contribution >= 4 is 5.97 Å². The maximum atomic E-state index is 10.8. The summed E-state index contributed by atoms with van der Waals surface area (Å²) < 4.78 is 10.7. The zero-order valence-electron chi connectivity index (χ0n) is 12.4. The van der Waals surface area contributed by atoms with Crippen molar-refractivity contribution in [2.75, 3.05) is 20.1 Å². The van der Waals surface area contributed by atoms with E-state index in [1.807, 2.05) is 24.3 Å². The summed E-state index contributed by atoms with van der Waals surface area (Å²) in [6.07, 6.45) is 2.43. The maximum absolute atomic E-state index is 10.8. The van der Waals surface area contributed by atoms with E-state index in [4.69, 9.17) is 14.4 Å². The quantitative estimate of drug-likeness (QED) is 0.935. The minimum Gasteiger partial charge on any atom is -0.489 e. The van der Waals surface area contributed by atoms with E-state index >= 15 is 0 Å². The first-order chi connectivity index (χ1) is 10.6. The van der Waals surface area contributed by atoms with Crippen molar-refractivity contribution in [2.45, 2.75) is 18.9 Å². The van der Waals surface area contributed by atoms with Crippen LogP contribution < -0.4 is 4.74 Å². The van der Waals surface area contributed by atoms with Crippen molar-refractivity contribution in [3.05, 3.63) is 36.1 Å². The Morgan fingerprint density at radius 1 is 1.41 bits per heavy atom. The fourth-order valence-electron chi connectivity index (χ4n) is 2.62. The molecule has 3 rings (SSSR count). The summed E-state index contributed by atoms with van der Waals surface area (Å²) in [6.45, 7) is 2.06. The van der Waals surface area contributed by atoms with Crippen LogP contribution in [0.3, 0.4) is 0 Å². The molecule has 22 heavy (non-hydrogen) atoms. The Balaban J connectivity index is 1.68. The van der Waals surface area contributed by atoms with Crippen LogP contribution in [0.2, 0.25) is 0 Å². The number of piperidine rings is 1. The van der Waals surface area contributed by atoms with Gasteiger partial charge in [0.15, 0.2) is 0 Å². The number of aromatic carboxylic acids is 1. The molecule has 0 aliphatic carbocycles. The lowest BCUT2D eigenvalue weighted by Crippen LogP contribution is -2.38. The molecule has 1 unspecified atom stereocenters. The van der Waals surface area contributed by atoms with Gasteiger partial charge >= 0.3 is 5.97 Å². The number of carboxylic acid groups (broad SMARTS) is 1. The summed E-state index contributed by atoms with van der Waals surface area (Å²) in [5.41, 5.74) is 1.30. The van der Waals surface area contributed by atoms with E-state index in [0.29, 0.717) is 5.69 Å². The lowest BCUT2D eigenvalue weighted by Gasteiger charge is -2.30. The van der Waals surface area contributed by atoms with E-state index in [1.54, 1.807) is 0 Å². The zero-order valence-corrected chi connectivity index (χ0v) is 12.4. The standard InChI is InChI=1S/C16H18N2O4/c1-18-8-2-3-13(10-18)21-12-6-4-11(5-7-12)14-9-15(16(19)20)22-17-14/h4-7,9,13H,2-3,8,10H2,1H3,(H,19,20). The summed E-state index contributed by atoms with van der Waals surface area (Å²) in [6, 6.07) is 8.86. The number of carboxylic acids is 1. The van der Waals surface area contributed by atoms with E-state index in [-0.39, 0.29) is 11.9 Å². The van der Waals surface area contributed by atoms with Gasteiger partial charge in [-0.3, -0.25) is 0 Å². The second kappa shape index (κ2) is 6.19. The molecule has 1 saturated heterocycles. The number of aromatic nitrogens is 1. The molecule has 1 aliphatic rings. The van der Waals surface area contributed by atoms with Gasteiger partial charge in [-0.05, 0) is 50.7 Å². The number of likely N-dealkylation sites (tertiary alicyclic amines) is 1. The summed E-state index contributed by atoms with van der Waals surface area (Å²) >= 11 is 0. The number of carbonyl (C=O) groups is 1. The van der Waals surface area contributed by atoms with Gasteiger partial charge in [0.1, 0.15) is 17.5 Å². The molecule has 6 nitrogen and oxygen atoms in total. The van der Waals surface area contributed by atoms with Crippen molar-refractivity contribution in [3.8, 4) is 17.0 Å². The van der Waals surface area contributed by atoms with Crippen LogP contribution in [0.25, 0.3) is 11.3 Å². The van der Waals surface area contributed by atoms with Gasteiger partial charge in [0, 0.05) is 18.2 Å². The van der Waals surface area contributed by atoms with Crippen LogP contribution in [-0.2, 0) is 0 Å². The number of rotatable bonds is 4. The lowest BCUT2D eigenvalue weighted by atomic mass is 10.1. The molecule has 1 aliphatic heterocycles. The average Bonchev–Trinajstić information content (AvgIpc) is 2.98. The van der Waals surface area contributed by atoms with Crippen LogP contribution in [0.5, 0.6) is 5.75 Å². The van der Waals surface area contributed by atoms with Gasteiger partial charge in [-0.1, -0.05) is 5.16 Å². The summed E-state index contributed by atoms with van der Waals surface area (Å²) in [5.74, 6) is -0.480. The fraction of sp³-hybridized carbons (Fsp3) is 0.375. The van der Waals surface area contributed by atoms with Gasteiger partial charge in [-0.2, -0.15) is 0 Å². The third-order valence-corrected chi connectivity index (χ3v) is 3.76. The number of likely N-dealkylation sites (N-methyl/N-ethyl adjacent to an activating group) is 1. The molecule has 1 atom stereocenters. The zero-order chi connectivity index (χ0) is 15.5. The molecular weight excluding hydrogens is 284 g/mol. The SMILES string of the molecule is CN1CCCC(Oc2ccc(-c3cc(C(=O)O)on3)cc2)C1. The van der Waals surface area contributed by atoms with Crippen molar-refractivity contribution in [1.82, 2.24) is 10.1 Å². The topological polar surface area (TPSA) is 75.8 Å². The van der Waals surface area contributed by atoms with E-state index in [2.05, 4.69) is 17.1 Å². The molecular formula is C16H18N2O4. The maximum Gasteiger partial charge on any atom is 0.374 e. The molecule has 2 heterocycles. The molecule has 6 heteroatoms. The highest BCUT2D eigenvalue weighted by Crippen LogP contribution is 2.24. The second-order valence-corrected chi connectivity index (χ2v) is 5.55. The van der Waals surface area contributed by atoms with Crippen LogP contribution in [-0.4, -0.2) is 47.4 Å². The minimum atomic E-state index is -1.12. The Bertz CT molecular complexity index is 650. The molecule has 0 spiro atoms. The predicted octanol–water partition coefficient (Wildman–Crippen LogP) is 2.51. The van der Waals surface area contributed by atoms with Crippen LogP contribution in [0.1, 0.15) is 23.4 Å². The molecule has 0 bridgehead atoms. The molecule has 0 amide bonds. The van der Waals surface area contributed by atoms with Crippen molar-refractivity contribution in [1.29, 1.82) is 0 Å². The Morgan fingerprint density at radius 3 is 2.82 bits per heavy atom. The highest BCUT2D eigenvalue weighted by atomic mass is 16.5. The van der Waals surface area contributed by atoms with E-state index in [1.165, 1.54) is 6.07 Å².